The third-order valence-corrected chi connectivity index (χ3v) is 1.29. The zero-order valence-electron chi connectivity index (χ0n) is 16.1. The normalized spacial score (nSPS) is 10.7. The Morgan fingerprint density at radius 3 is 1.61 bits per heavy atom. The summed E-state index contributed by atoms with van der Waals surface area (Å²) in [4.78, 5) is 31.7. The summed E-state index contributed by atoms with van der Waals surface area (Å²) in [7, 11) is -9.31. The summed E-state index contributed by atoms with van der Waals surface area (Å²) in [6.45, 7) is 0.604. The van der Waals surface area contributed by atoms with Gasteiger partial charge in [0.1, 0.15) is 6.04 Å². The van der Waals surface area contributed by atoms with Gasteiger partial charge in [-0.2, -0.15) is 8.42 Å². The van der Waals surface area contributed by atoms with E-state index in [-0.39, 0.29) is 78.9 Å². The molecule has 0 radical (unpaired) electrons. The van der Waals surface area contributed by atoms with Gasteiger partial charge in [-0.3, -0.25) is 13.9 Å². The average molecular weight is 447 g/mol. The van der Waals surface area contributed by atoms with Crippen molar-refractivity contribution < 1.29 is 52.4 Å². The van der Waals surface area contributed by atoms with Crippen LogP contribution in [-0.2, 0) is 19.8 Å². The number of unbranched alkanes of at least 4 members (excludes halogenated alkanes) is 1. The van der Waals surface area contributed by atoms with Crippen molar-refractivity contribution in [1.82, 2.24) is 0 Å². The van der Waals surface area contributed by atoms with Crippen LogP contribution < -0.4 is 11.5 Å². The van der Waals surface area contributed by atoms with E-state index in [1.54, 1.807) is 0 Å². The molecule has 17 heteroatoms. The quantitative estimate of drug-likeness (QED) is 0.0993. The summed E-state index contributed by atoms with van der Waals surface area (Å²) in [5.74, 6) is -0.933. The van der Waals surface area contributed by atoms with Crippen LogP contribution in [0.3, 0.4) is 0 Å². The van der Waals surface area contributed by atoms with Crippen molar-refractivity contribution in [3.05, 3.63) is 0 Å². The van der Waals surface area contributed by atoms with E-state index in [9.17, 15) is 4.79 Å². The van der Waals surface area contributed by atoms with Gasteiger partial charge in [0.25, 0.3) is 0 Å². The molecule has 0 rings (SSSR count). The van der Waals surface area contributed by atoms with Crippen LogP contribution in [0.5, 0.6) is 0 Å². The van der Waals surface area contributed by atoms with Gasteiger partial charge in [-0.25, -0.2) is 4.57 Å². The summed E-state index contributed by atoms with van der Waals surface area (Å²) in [6.07, 6.45) is 2.16. The van der Waals surface area contributed by atoms with Gasteiger partial charge in [0.15, 0.2) is 0 Å². The molecule has 0 heterocycles. The number of carboxylic acid groups (broad SMARTS) is 1. The molecule has 0 aromatic rings. The number of hydrogen-bond acceptors (Lipinski definition) is 6. The van der Waals surface area contributed by atoms with Gasteiger partial charge in [0.05, 0.1) is 0 Å². The number of nitrogens with two attached hydrogens (primary N) is 2. The fourth-order valence-electron chi connectivity index (χ4n) is 0.632. The molecule has 140 valence electrons. The van der Waals surface area contributed by atoms with E-state index in [4.69, 9.17) is 53.3 Å². The third kappa shape index (κ3) is 97.5. The molecule has 0 aromatic carbocycles. The molecule has 0 aliphatic carbocycles. The van der Waals surface area contributed by atoms with Gasteiger partial charge >= 0.3 is 85.0 Å². The molecule has 0 aliphatic rings. The van der Waals surface area contributed by atoms with Crippen molar-refractivity contribution in [3.63, 3.8) is 0 Å². The van der Waals surface area contributed by atoms with Crippen LogP contribution in [0.4, 0.5) is 0 Å². The summed E-state index contributed by atoms with van der Waals surface area (Å²) < 4.78 is 40.5. The van der Waals surface area contributed by atoms with Gasteiger partial charge in [-0.1, -0.05) is 6.42 Å². The number of hydrogen-bond donors (Lipinski definition) is 8. The Morgan fingerprint density at radius 2 is 1.43 bits per heavy atom. The van der Waals surface area contributed by atoms with Crippen molar-refractivity contribution in [3.8, 4) is 0 Å². The monoisotopic (exact) mass is 446 g/mol. The Bertz CT molecular complexity index is 410. The van der Waals surface area contributed by atoms with E-state index < -0.39 is 30.2 Å². The summed E-state index contributed by atoms with van der Waals surface area (Å²) in [5.41, 5.74) is 10.4. The third-order valence-electron chi connectivity index (χ3n) is 1.29. The maximum absolute atomic E-state index is 10.1. The maximum atomic E-state index is 10.1. The molecule has 0 amide bonds. The Kier molecular flexibility index (Phi) is 37.5. The first-order valence-corrected chi connectivity index (χ1v) is 7.81. The second-order valence-corrected chi connectivity index (χ2v) is 5.11. The molecule has 0 bridgehead atoms. The number of phosphoric acid groups is 1. The Balaban J connectivity index is -0.0000000190. The number of carboxylic acids is 1. The molecule has 0 saturated heterocycles. The van der Waals surface area contributed by atoms with Crippen LogP contribution in [0, 0.1) is 0 Å². The van der Waals surface area contributed by atoms with E-state index in [0.29, 0.717) is 13.0 Å². The molecule has 12 nitrogen and oxygen atoms in total. The number of carbonyl (C=O) groups is 1. The van der Waals surface area contributed by atoms with Crippen molar-refractivity contribution in [1.29, 1.82) is 0 Å². The van der Waals surface area contributed by atoms with E-state index >= 15 is 0 Å². The van der Waals surface area contributed by atoms with Gasteiger partial charge in [0.2, 0.25) is 0 Å². The zero-order chi connectivity index (χ0) is 17.0. The Labute approximate surface area is 191 Å². The van der Waals surface area contributed by atoms with Gasteiger partial charge in [0, 0.05) is 0 Å². The first-order chi connectivity index (χ1) is 8.68. The first kappa shape index (κ1) is 39.7. The number of rotatable bonds is 5. The van der Waals surface area contributed by atoms with Crippen molar-refractivity contribution in [2.75, 3.05) is 6.54 Å². The molecule has 0 aromatic heterocycles. The largest absolute Gasteiger partial charge is 2.00 e. The standard InChI is InChI=1S/C6H14N2O2.Ca.ClH.Mg.H3O4P.H2O4S.4H/c7-4-2-1-3-5(8)6(9)10;;;;2*1-5(2,3)4;;;;/h5H,1-4,7-8H2,(H,9,10);;1H;;(H3,1,2,3,4);(H2,1,2,3,4);;;;/q;+2;;+2;;;4*-1. The predicted molar refractivity (Wildman–Crippen MR) is 90.2 cm³/mol. The Hall–Kier alpha value is 1.69. The van der Waals surface area contributed by atoms with Crippen molar-refractivity contribution in [2.45, 2.75) is 25.3 Å². The van der Waals surface area contributed by atoms with E-state index in [1.807, 2.05) is 0 Å². The fourth-order valence-corrected chi connectivity index (χ4v) is 0.632. The fraction of sp³-hybridized carbons (Fsp3) is 0.833. The minimum atomic E-state index is -4.67. The zero-order valence-corrected chi connectivity index (χ0v) is 18.2. The van der Waals surface area contributed by atoms with Crippen LogP contribution in [-0.4, -0.2) is 117 Å². The first-order valence-electron chi connectivity index (χ1n) is 4.85. The predicted octanol–water partition coefficient (Wildman–Crippen LogP) is -1.94. The van der Waals surface area contributed by atoms with Crippen molar-refractivity contribution in [2.24, 2.45) is 11.5 Å². The molecule has 0 saturated carbocycles. The molecule has 0 aliphatic heterocycles. The smallest absolute Gasteiger partial charge is 1.00 e. The summed E-state index contributed by atoms with van der Waals surface area (Å²) in [6, 6.07) is -0.716. The molecule has 1 unspecified atom stereocenters. The maximum Gasteiger partial charge on any atom is 2.00 e. The van der Waals surface area contributed by atoms with Gasteiger partial charge in [-0.15, -0.1) is 12.4 Å². The minimum Gasteiger partial charge on any atom is -1.00 e. The average Bonchev–Trinajstić information content (AvgIpc) is 2.12. The molecule has 10 N–H and O–H groups in total. The second kappa shape index (κ2) is 21.7. The van der Waals surface area contributed by atoms with E-state index in [2.05, 4.69) is 0 Å². The number of halogens is 1. The topological polar surface area (TPSA) is 242 Å². The van der Waals surface area contributed by atoms with Crippen LogP contribution in [0.25, 0.3) is 0 Å². The number of aliphatic carboxylic acids is 1. The molecule has 0 spiro atoms. The SMILES string of the molecule is Cl.NCCCCC(N)C(=O)O.O=P(O)(O)O.O=S(=O)(O)O.[Ca+2].[H-].[H-].[H-].[H-].[Mg+2]. The molecule has 0 fully saturated rings. The van der Waals surface area contributed by atoms with Gasteiger partial charge in [-0.05, 0) is 19.4 Å². The van der Waals surface area contributed by atoms with Crippen molar-refractivity contribution >= 4 is 97.4 Å². The molecular formula is C6H24CaClMgN2O10PS. The van der Waals surface area contributed by atoms with Crippen LogP contribution in [0.2, 0.25) is 0 Å². The molecule has 1 atom stereocenters. The van der Waals surface area contributed by atoms with E-state index in [1.165, 1.54) is 0 Å². The van der Waals surface area contributed by atoms with E-state index in [0.717, 1.165) is 12.8 Å². The summed E-state index contributed by atoms with van der Waals surface area (Å²) in [5, 5.41) is 8.33. The molecule has 23 heavy (non-hydrogen) atoms. The van der Waals surface area contributed by atoms with Crippen LogP contribution >= 0.6 is 20.2 Å². The molecular weight excluding hydrogens is 423 g/mol. The Morgan fingerprint density at radius 1 is 1.17 bits per heavy atom. The van der Waals surface area contributed by atoms with Crippen LogP contribution in [0.15, 0.2) is 0 Å². The summed E-state index contributed by atoms with van der Waals surface area (Å²) >= 11 is 0. The van der Waals surface area contributed by atoms with Gasteiger partial charge < -0.3 is 37.0 Å². The second-order valence-electron chi connectivity index (χ2n) is 3.19. The van der Waals surface area contributed by atoms with Crippen LogP contribution in [0.1, 0.15) is 25.0 Å². The minimum absolute atomic E-state index is 0.